The van der Waals surface area contributed by atoms with Crippen molar-refractivity contribution in [1.82, 2.24) is 9.13 Å². The van der Waals surface area contributed by atoms with Gasteiger partial charge in [0.05, 0.1) is 0 Å². The fraction of sp³-hybridized carbons (Fsp3) is 0.105. The van der Waals surface area contributed by atoms with Gasteiger partial charge in [0, 0.05) is 79.0 Å². The molecule has 2 heteroatoms. The van der Waals surface area contributed by atoms with Gasteiger partial charge in [-0.25, -0.2) is 0 Å². The first-order valence-electron chi connectivity index (χ1n) is 13.9. The second-order valence-electron chi connectivity index (χ2n) is 10.1. The third-order valence-electron chi connectivity index (χ3n) is 7.74. The molecule has 0 N–H and O–H groups in total. The van der Waals surface area contributed by atoms with Gasteiger partial charge in [-0.1, -0.05) is 66.1 Å². The van der Waals surface area contributed by atoms with Crippen LogP contribution in [0.15, 0.2) is 109 Å². The molecule has 0 amide bonds. The summed E-state index contributed by atoms with van der Waals surface area (Å²) in [4.78, 5) is 0. The highest BCUT2D eigenvalue weighted by molar-refractivity contribution is 6.09. The lowest BCUT2D eigenvalue weighted by atomic mass is 10.1. The Bertz CT molecular complexity index is 2040. The van der Waals surface area contributed by atoms with Gasteiger partial charge in [0.2, 0.25) is 0 Å². The third-order valence-corrected chi connectivity index (χ3v) is 7.74. The van der Waals surface area contributed by atoms with E-state index in [0.717, 1.165) is 35.3 Å². The van der Waals surface area contributed by atoms with Gasteiger partial charge in [-0.15, -0.1) is 0 Å². The van der Waals surface area contributed by atoms with Crippen molar-refractivity contribution in [2.24, 2.45) is 0 Å². The minimum Gasteiger partial charge on any atom is -0.341 e. The molecule has 0 unspecified atom stereocenters. The molecule has 0 saturated heterocycles. The van der Waals surface area contributed by atoms with Crippen molar-refractivity contribution in [3.05, 3.63) is 131 Å². The van der Waals surface area contributed by atoms with E-state index in [1.807, 2.05) is 18.2 Å². The van der Waals surface area contributed by atoms with E-state index in [0.29, 0.717) is 0 Å². The van der Waals surface area contributed by atoms with Crippen LogP contribution in [-0.2, 0) is 13.1 Å². The summed E-state index contributed by atoms with van der Waals surface area (Å²) in [6.45, 7) is 6.27. The lowest BCUT2D eigenvalue weighted by Crippen LogP contribution is -1.92. The molecule has 0 atom stereocenters. The van der Waals surface area contributed by atoms with Gasteiger partial charge < -0.3 is 9.13 Å². The predicted octanol–water partition coefficient (Wildman–Crippen LogP) is 8.74. The van der Waals surface area contributed by atoms with E-state index in [-0.39, 0.29) is 0 Å². The number of rotatable bonds is 2. The Labute approximate surface area is 234 Å². The zero-order chi connectivity index (χ0) is 27.1. The van der Waals surface area contributed by atoms with Gasteiger partial charge in [0.1, 0.15) is 0 Å². The Kier molecular flexibility index (Phi) is 5.88. The van der Waals surface area contributed by atoms with Crippen LogP contribution in [0.4, 0.5) is 0 Å². The van der Waals surface area contributed by atoms with Crippen molar-refractivity contribution in [2.75, 3.05) is 0 Å². The van der Waals surface area contributed by atoms with Gasteiger partial charge in [-0.2, -0.15) is 0 Å². The molecular formula is C38H28N2. The summed E-state index contributed by atoms with van der Waals surface area (Å²) < 4.78 is 4.73. The average Bonchev–Trinajstić information content (AvgIpc) is 3.50. The maximum absolute atomic E-state index is 3.38. The van der Waals surface area contributed by atoms with Crippen molar-refractivity contribution in [3.63, 3.8) is 0 Å². The van der Waals surface area contributed by atoms with Crippen molar-refractivity contribution >= 4 is 43.6 Å². The first kappa shape index (κ1) is 23.9. The van der Waals surface area contributed by atoms with Crippen molar-refractivity contribution < 1.29 is 0 Å². The molecule has 0 aliphatic rings. The van der Waals surface area contributed by atoms with E-state index in [4.69, 9.17) is 0 Å². The molecule has 2 nitrogen and oxygen atoms in total. The van der Waals surface area contributed by atoms with Crippen molar-refractivity contribution in [3.8, 4) is 23.7 Å². The summed E-state index contributed by atoms with van der Waals surface area (Å²) in [6, 6.07) is 38.5. The van der Waals surface area contributed by atoms with E-state index >= 15 is 0 Å². The molecular weight excluding hydrogens is 484 g/mol. The molecule has 0 aliphatic carbocycles. The minimum absolute atomic E-state index is 0.943. The van der Waals surface area contributed by atoms with E-state index in [1.54, 1.807) is 0 Å². The summed E-state index contributed by atoms with van der Waals surface area (Å²) in [6.07, 6.45) is 0. The molecule has 190 valence electrons. The van der Waals surface area contributed by atoms with E-state index in [9.17, 15) is 0 Å². The van der Waals surface area contributed by atoms with Gasteiger partial charge in [-0.3, -0.25) is 0 Å². The molecule has 2 heterocycles. The van der Waals surface area contributed by atoms with Crippen LogP contribution in [0.1, 0.15) is 36.1 Å². The molecule has 0 radical (unpaired) electrons. The lowest BCUT2D eigenvalue weighted by Gasteiger charge is -2.02. The second-order valence-corrected chi connectivity index (χ2v) is 10.1. The maximum atomic E-state index is 3.38. The minimum atomic E-state index is 0.943. The first-order valence-corrected chi connectivity index (χ1v) is 13.9. The van der Waals surface area contributed by atoms with Crippen LogP contribution in [-0.4, -0.2) is 9.13 Å². The highest BCUT2D eigenvalue weighted by atomic mass is 15.0. The molecule has 7 aromatic rings. The number of nitrogens with zero attached hydrogens (tertiary/aromatic N) is 2. The lowest BCUT2D eigenvalue weighted by molar-refractivity contribution is 0.827. The third kappa shape index (κ3) is 4.03. The van der Waals surface area contributed by atoms with Gasteiger partial charge in [-0.05, 0) is 80.6 Å². The molecule has 0 spiro atoms. The summed E-state index contributed by atoms with van der Waals surface area (Å²) in [5, 5.41) is 5.06. The number of aryl methyl sites for hydroxylation is 2. The Morgan fingerprint density at radius 1 is 0.400 bits per heavy atom. The molecule has 7 rings (SSSR count). The normalized spacial score (nSPS) is 11.1. The Morgan fingerprint density at radius 2 is 0.800 bits per heavy atom. The largest absolute Gasteiger partial charge is 0.341 e. The highest BCUT2D eigenvalue weighted by Crippen LogP contribution is 2.30. The van der Waals surface area contributed by atoms with Crippen molar-refractivity contribution in [2.45, 2.75) is 26.9 Å². The van der Waals surface area contributed by atoms with E-state index in [1.165, 1.54) is 43.6 Å². The van der Waals surface area contributed by atoms with Crippen LogP contribution < -0.4 is 0 Å². The van der Waals surface area contributed by atoms with Crippen LogP contribution in [0.25, 0.3) is 43.6 Å². The fourth-order valence-corrected chi connectivity index (χ4v) is 5.91. The fourth-order valence-electron chi connectivity index (χ4n) is 5.91. The Morgan fingerprint density at radius 3 is 1.25 bits per heavy atom. The van der Waals surface area contributed by atoms with E-state index < -0.39 is 0 Å². The maximum Gasteiger partial charge on any atom is 0.0492 e. The van der Waals surface area contributed by atoms with Gasteiger partial charge in [0.25, 0.3) is 0 Å². The Balaban J connectivity index is 1.20. The molecule has 5 aromatic carbocycles. The number of benzene rings is 5. The molecule has 0 saturated carbocycles. The number of hydrogen-bond acceptors (Lipinski definition) is 0. The molecule has 0 aliphatic heterocycles. The van der Waals surface area contributed by atoms with Gasteiger partial charge in [0.15, 0.2) is 0 Å². The van der Waals surface area contributed by atoms with Crippen LogP contribution in [0, 0.1) is 23.7 Å². The second kappa shape index (κ2) is 9.85. The number of aromatic nitrogens is 2. The van der Waals surface area contributed by atoms with Crippen molar-refractivity contribution in [1.29, 1.82) is 0 Å². The van der Waals surface area contributed by atoms with Crippen LogP contribution in [0.2, 0.25) is 0 Å². The average molecular weight is 513 g/mol. The quantitative estimate of drug-likeness (QED) is 0.205. The summed E-state index contributed by atoms with van der Waals surface area (Å²) in [5.74, 6) is 13.5. The zero-order valence-electron chi connectivity index (χ0n) is 22.7. The number of hydrogen-bond donors (Lipinski definition) is 0. The van der Waals surface area contributed by atoms with Crippen LogP contribution >= 0.6 is 0 Å². The summed E-state index contributed by atoms with van der Waals surface area (Å²) >= 11 is 0. The number of para-hydroxylation sites is 2. The molecule has 0 bridgehead atoms. The first-order chi connectivity index (χ1) is 19.7. The molecule has 40 heavy (non-hydrogen) atoms. The molecule has 2 aromatic heterocycles. The molecule has 0 fully saturated rings. The van der Waals surface area contributed by atoms with Crippen LogP contribution in [0.5, 0.6) is 0 Å². The monoisotopic (exact) mass is 512 g/mol. The smallest absolute Gasteiger partial charge is 0.0492 e. The zero-order valence-corrected chi connectivity index (χ0v) is 22.7. The summed E-state index contributed by atoms with van der Waals surface area (Å²) in [7, 11) is 0. The highest BCUT2D eigenvalue weighted by Gasteiger charge is 2.10. The van der Waals surface area contributed by atoms with Gasteiger partial charge >= 0.3 is 0 Å². The van der Waals surface area contributed by atoms with E-state index in [2.05, 4.69) is 138 Å². The Hall–Kier alpha value is -5.18. The SMILES string of the molecule is CCn1c2ccccc2c2cc(C#Cc3cccc(C#Cc4ccc5c(c4)c4ccccc4n5CC)c3)ccc21. The van der Waals surface area contributed by atoms with Crippen LogP contribution in [0.3, 0.4) is 0 Å². The topological polar surface area (TPSA) is 9.86 Å². The number of fused-ring (bicyclic) bond motifs is 6. The standard InChI is InChI=1S/C38H28N2/c1-3-39-35-14-7-5-12-31(35)33-25-29(20-22-37(33)39)18-16-27-10-9-11-28(24-27)17-19-30-21-23-38-34(26-30)32-13-6-8-15-36(32)40(38)4-2/h5-15,20-26H,3-4H2,1-2H3. The predicted molar refractivity (Wildman–Crippen MR) is 169 cm³/mol. The summed E-state index contributed by atoms with van der Waals surface area (Å²) in [5.41, 5.74) is 9.00.